The highest BCUT2D eigenvalue weighted by molar-refractivity contribution is 7.93. The van der Waals surface area contributed by atoms with Crippen molar-refractivity contribution in [1.82, 2.24) is 15.5 Å². The summed E-state index contributed by atoms with van der Waals surface area (Å²) in [6.45, 7) is 2.03. The molecule has 0 radical (unpaired) electrons. The molecule has 3 rings (SSSR count). The van der Waals surface area contributed by atoms with Crippen LogP contribution in [0.3, 0.4) is 0 Å². The topological polar surface area (TPSA) is 84.3 Å². The van der Waals surface area contributed by atoms with Gasteiger partial charge in [-0.2, -0.15) is 27.1 Å². The SMILES string of the molecule is CN=S(=O)(c1cccc(C(F)(F)F)c1)c1nnc(C)cc1C(=O)NCC(F)(F)C1=CC(C)C(Cl)C=C1. The molecule has 194 valence electrons. The number of aryl methyl sites for hydroxylation is 1. The average Bonchev–Trinajstić information content (AvgIpc) is 2.83. The molecule has 1 aromatic carbocycles. The Labute approximate surface area is 209 Å². The van der Waals surface area contributed by atoms with E-state index in [4.69, 9.17) is 11.6 Å². The standard InChI is InChI=1S/C23H22ClF5N4O2S/c1-13-9-15(7-8-19(13)24)22(25,26)12-31-20(34)18-10-14(2)32-33-21(18)36(35,30-3)17-6-4-5-16(11-17)23(27,28)29/h4-11,13,19H,12H2,1-3H3,(H,31,34). The predicted molar refractivity (Wildman–Crippen MR) is 125 cm³/mol. The van der Waals surface area contributed by atoms with Crippen molar-refractivity contribution in [2.75, 3.05) is 13.6 Å². The van der Waals surface area contributed by atoms with Gasteiger partial charge in [0.2, 0.25) is 0 Å². The van der Waals surface area contributed by atoms with Gasteiger partial charge in [0.25, 0.3) is 11.8 Å². The lowest BCUT2D eigenvalue weighted by atomic mass is 9.94. The van der Waals surface area contributed by atoms with Gasteiger partial charge in [0, 0.05) is 12.6 Å². The number of aromatic nitrogens is 2. The zero-order valence-electron chi connectivity index (χ0n) is 19.3. The van der Waals surface area contributed by atoms with Crippen LogP contribution in [-0.2, 0) is 15.9 Å². The third kappa shape index (κ3) is 5.75. The number of nitrogens with zero attached hydrogens (tertiary/aromatic N) is 3. The van der Waals surface area contributed by atoms with Crippen molar-refractivity contribution in [2.24, 2.45) is 10.3 Å². The van der Waals surface area contributed by atoms with Gasteiger partial charge in [0.15, 0.2) is 5.03 Å². The van der Waals surface area contributed by atoms with Crippen LogP contribution < -0.4 is 5.32 Å². The molecule has 36 heavy (non-hydrogen) atoms. The van der Waals surface area contributed by atoms with E-state index in [2.05, 4.69) is 19.9 Å². The van der Waals surface area contributed by atoms with E-state index in [1.54, 1.807) is 6.92 Å². The van der Waals surface area contributed by atoms with Crippen LogP contribution in [-0.4, -0.2) is 45.2 Å². The van der Waals surface area contributed by atoms with Crippen molar-refractivity contribution in [2.45, 2.75) is 41.2 Å². The van der Waals surface area contributed by atoms with E-state index >= 15 is 0 Å². The lowest BCUT2D eigenvalue weighted by molar-refractivity contribution is -0.137. The molecule has 3 unspecified atom stereocenters. The largest absolute Gasteiger partial charge is 0.416 e. The summed E-state index contributed by atoms with van der Waals surface area (Å²) in [4.78, 5) is 12.6. The molecular formula is C23H22ClF5N4O2S. The van der Waals surface area contributed by atoms with E-state index in [1.807, 2.05) is 0 Å². The van der Waals surface area contributed by atoms with Crippen LogP contribution in [0.5, 0.6) is 0 Å². The van der Waals surface area contributed by atoms with Gasteiger partial charge in [-0.3, -0.25) is 4.79 Å². The highest BCUT2D eigenvalue weighted by Gasteiger charge is 2.37. The minimum atomic E-state index is -4.72. The van der Waals surface area contributed by atoms with Crippen molar-refractivity contribution < 1.29 is 31.0 Å². The first kappa shape index (κ1) is 27.7. The quantitative estimate of drug-likeness (QED) is 0.386. The molecule has 1 heterocycles. The third-order valence-corrected chi connectivity index (χ3v) is 8.20. The Morgan fingerprint density at radius 2 is 1.89 bits per heavy atom. The van der Waals surface area contributed by atoms with E-state index in [-0.39, 0.29) is 22.1 Å². The van der Waals surface area contributed by atoms with Gasteiger partial charge in [0.1, 0.15) is 9.73 Å². The lowest BCUT2D eigenvalue weighted by Crippen LogP contribution is -2.39. The minimum absolute atomic E-state index is 0.192. The second-order valence-electron chi connectivity index (χ2n) is 8.11. The highest BCUT2D eigenvalue weighted by Crippen LogP contribution is 2.34. The number of alkyl halides is 6. The van der Waals surface area contributed by atoms with E-state index in [1.165, 1.54) is 25.2 Å². The molecule has 13 heteroatoms. The summed E-state index contributed by atoms with van der Waals surface area (Å²) in [7, 11) is -2.79. The molecule has 3 atom stereocenters. The van der Waals surface area contributed by atoms with Crippen molar-refractivity contribution in [3.63, 3.8) is 0 Å². The Kier molecular flexibility index (Phi) is 7.89. The fourth-order valence-corrected chi connectivity index (χ4v) is 5.33. The van der Waals surface area contributed by atoms with Gasteiger partial charge in [0.05, 0.1) is 33.6 Å². The monoisotopic (exact) mass is 548 g/mol. The van der Waals surface area contributed by atoms with Gasteiger partial charge in [-0.1, -0.05) is 31.2 Å². The molecule has 1 aliphatic carbocycles. The van der Waals surface area contributed by atoms with Crippen LogP contribution in [0.2, 0.25) is 0 Å². The first-order valence-corrected chi connectivity index (χ1v) is 12.5. The maximum atomic E-state index is 14.8. The molecule has 0 bridgehead atoms. The lowest BCUT2D eigenvalue weighted by Gasteiger charge is -2.24. The summed E-state index contributed by atoms with van der Waals surface area (Å²) < 4.78 is 86.8. The number of benzene rings is 1. The number of halogens is 6. The molecule has 2 aromatic rings. The van der Waals surface area contributed by atoms with Crippen molar-refractivity contribution >= 4 is 27.2 Å². The van der Waals surface area contributed by atoms with Crippen LogP contribution >= 0.6 is 11.6 Å². The number of amides is 1. The van der Waals surface area contributed by atoms with Crippen LogP contribution in [0.1, 0.15) is 28.5 Å². The van der Waals surface area contributed by atoms with E-state index < -0.39 is 55.8 Å². The van der Waals surface area contributed by atoms with Gasteiger partial charge >= 0.3 is 6.18 Å². The summed E-state index contributed by atoms with van der Waals surface area (Å²) >= 11 is 6.01. The Morgan fingerprint density at radius 1 is 1.19 bits per heavy atom. The summed E-state index contributed by atoms with van der Waals surface area (Å²) in [6.07, 6.45) is -0.801. The maximum Gasteiger partial charge on any atom is 0.416 e. The van der Waals surface area contributed by atoms with Crippen LogP contribution in [0, 0.1) is 12.8 Å². The van der Waals surface area contributed by atoms with Crippen molar-refractivity contribution in [1.29, 1.82) is 0 Å². The number of hydrogen-bond donors (Lipinski definition) is 1. The summed E-state index contributed by atoms with van der Waals surface area (Å²) in [5, 5.41) is 8.67. The summed E-state index contributed by atoms with van der Waals surface area (Å²) in [5.74, 6) is -4.87. The van der Waals surface area contributed by atoms with E-state index in [9.17, 15) is 31.0 Å². The Morgan fingerprint density at radius 3 is 2.50 bits per heavy atom. The second kappa shape index (κ2) is 10.3. The molecule has 1 amide bonds. The molecule has 6 nitrogen and oxygen atoms in total. The van der Waals surface area contributed by atoms with Crippen molar-refractivity contribution in [3.05, 3.63) is 71.0 Å². The number of carbonyl (C=O) groups is 1. The predicted octanol–water partition coefficient (Wildman–Crippen LogP) is 5.42. The zero-order chi connectivity index (χ0) is 26.9. The number of carbonyl (C=O) groups excluding carboxylic acids is 1. The Hall–Kier alpha value is -2.86. The molecule has 1 aliphatic rings. The molecule has 1 aromatic heterocycles. The summed E-state index contributed by atoms with van der Waals surface area (Å²) in [5.41, 5.74) is -1.61. The second-order valence-corrected chi connectivity index (χ2v) is 10.9. The van der Waals surface area contributed by atoms with Gasteiger partial charge in [-0.05, 0) is 37.1 Å². The fraction of sp³-hybridized carbons (Fsp3) is 0.348. The molecule has 0 spiro atoms. The molecular weight excluding hydrogens is 527 g/mol. The molecule has 0 fully saturated rings. The third-order valence-electron chi connectivity index (χ3n) is 5.42. The van der Waals surface area contributed by atoms with Crippen LogP contribution in [0.4, 0.5) is 22.0 Å². The van der Waals surface area contributed by atoms with Gasteiger partial charge < -0.3 is 5.32 Å². The minimum Gasteiger partial charge on any atom is -0.346 e. The summed E-state index contributed by atoms with van der Waals surface area (Å²) in [6, 6.07) is 4.78. The van der Waals surface area contributed by atoms with Gasteiger partial charge in [-0.15, -0.1) is 16.7 Å². The van der Waals surface area contributed by atoms with Crippen LogP contribution in [0.25, 0.3) is 0 Å². The number of rotatable bonds is 6. The molecule has 1 N–H and O–H groups in total. The average molecular weight is 549 g/mol. The number of allylic oxidation sites excluding steroid dienone is 3. The maximum absolute atomic E-state index is 14.8. The Bertz CT molecular complexity index is 1350. The van der Waals surface area contributed by atoms with E-state index in [0.29, 0.717) is 6.07 Å². The highest BCUT2D eigenvalue weighted by atomic mass is 35.5. The van der Waals surface area contributed by atoms with E-state index in [0.717, 1.165) is 31.3 Å². The number of nitrogens with one attached hydrogen (secondary N) is 1. The smallest absolute Gasteiger partial charge is 0.346 e. The zero-order valence-corrected chi connectivity index (χ0v) is 20.9. The molecule has 0 aliphatic heterocycles. The van der Waals surface area contributed by atoms with Crippen molar-refractivity contribution in [3.8, 4) is 0 Å². The normalized spacial score (nSPS) is 19.9. The molecule has 0 saturated carbocycles. The Balaban J connectivity index is 1.97. The first-order valence-electron chi connectivity index (χ1n) is 10.6. The molecule has 0 saturated heterocycles. The number of hydrogen-bond acceptors (Lipinski definition) is 5. The van der Waals surface area contributed by atoms with Crippen LogP contribution in [0.15, 0.2) is 68.4 Å². The fourth-order valence-electron chi connectivity index (χ4n) is 3.43. The van der Waals surface area contributed by atoms with Gasteiger partial charge in [-0.25, -0.2) is 8.57 Å². The first-order chi connectivity index (χ1) is 16.7.